The topological polar surface area (TPSA) is 237 Å². The van der Waals surface area contributed by atoms with Crippen molar-refractivity contribution in [2.45, 2.75) is 387 Å². The van der Waals surface area contributed by atoms with E-state index in [-0.39, 0.29) is 25.7 Å². The third-order valence-electron chi connectivity index (χ3n) is 16.9. The Bertz CT molecular complexity index is 1740. The van der Waals surface area contributed by atoms with Crippen molar-refractivity contribution in [1.82, 2.24) is 0 Å². The van der Waals surface area contributed by atoms with E-state index in [4.69, 9.17) is 37.0 Å². The zero-order valence-corrected chi connectivity index (χ0v) is 60.1. The number of aliphatic hydroxyl groups is 1. The molecule has 0 rings (SSSR count). The number of esters is 4. The first kappa shape index (κ1) is 88.1. The molecule has 0 amide bonds. The van der Waals surface area contributed by atoms with Crippen LogP contribution in [0.15, 0.2) is 0 Å². The molecule has 0 bridgehead atoms. The van der Waals surface area contributed by atoms with Gasteiger partial charge in [-0.25, -0.2) is 9.13 Å². The molecule has 0 aromatic rings. The second-order valence-corrected chi connectivity index (χ2v) is 28.8. The van der Waals surface area contributed by atoms with Crippen molar-refractivity contribution in [3.8, 4) is 0 Å². The smallest absolute Gasteiger partial charge is 0.462 e. The molecule has 0 aliphatic rings. The number of rotatable bonds is 71. The summed E-state index contributed by atoms with van der Waals surface area (Å²) in [5, 5.41) is 10.6. The molecular formula is C71H138O17P2. The predicted octanol–water partition coefficient (Wildman–Crippen LogP) is 20.5. The number of ether oxygens (including phenoxy) is 4. The van der Waals surface area contributed by atoms with Gasteiger partial charge >= 0.3 is 39.5 Å². The van der Waals surface area contributed by atoms with Crippen LogP contribution < -0.4 is 0 Å². The molecule has 3 N–H and O–H groups in total. The zero-order valence-electron chi connectivity index (χ0n) is 58.3. The van der Waals surface area contributed by atoms with Gasteiger partial charge < -0.3 is 33.8 Å². The molecule has 17 nitrogen and oxygen atoms in total. The lowest BCUT2D eigenvalue weighted by Crippen LogP contribution is -2.30. The largest absolute Gasteiger partial charge is 0.472 e. The van der Waals surface area contributed by atoms with Crippen molar-refractivity contribution >= 4 is 39.5 Å². The minimum absolute atomic E-state index is 0.106. The summed E-state index contributed by atoms with van der Waals surface area (Å²) in [4.78, 5) is 72.3. The molecule has 0 saturated heterocycles. The monoisotopic (exact) mass is 1320 g/mol. The van der Waals surface area contributed by atoms with Crippen LogP contribution in [0.3, 0.4) is 0 Å². The number of carbonyl (C=O) groups is 4. The number of carbonyl (C=O) groups excluding carboxylic acids is 4. The Kier molecular flexibility index (Phi) is 63.0. The number of hydrogen-bond donors (Lipinski definition) is 3. The molecule has 0 aliphatic carbocycles. The summed E-state index contributed by atoms with van der Waals surface area (Å²) in [5.41, 5.74) is 0. The molecule has 0 radical (unpaired) electrons. The summed E-state index contributed by atoms with van der Waals surface area (Å²) in [5.74, 6) is -1.36. The summed E-state index contributed by atoms with van der Waals surface area (Å²) in [7, 11) is -9.89. The first-order valence-corrected chi connectivity index (χ1v) is 40.2. The zero-order chi connectivity index (χ0) is 66.3. The Labute approximate surface area is 549 Å². The first-order valence-electron chi connectivity index (χ1n) is 37.2. The normalized spacial score (nSPS) is 14.4. The van der Waals surface area contributed by atoms with Crippen molar-refractivity contribution in [3.63, 3.8) is 0 Å². The second-order valence-electron chi connectivity index (χ2n) is 25.9. The van der Waals surface area contributed by atoms with E-state index >= 15 is 0 Å². The Balaban J connectivity index is 5.10. The second kappa shape index (κ2) is 64.4. The van der Waals surface area contributed by atoms with E-state index in [1.165, 1.54) is 186 Å². The SMILES string of the molecule is CCCCCCCCCCCCCCCCCCCCCCCC(=O)O[C@H](COC(=O)CCCCCCCCCCC(C)CC)COP(=O)(O)OC[C@@H](O)COP(=O)(O)OC[C@@H](COC(=O)CCCCCCC)OC(=O)CCCCCCCCCCCCCC. The average Bonchev–Trinajstić information content (AvgIpc) is 3.01. The van der Waals surface area contributed by atoms with E-state index < -0.39 is 97.5 Å². The van der Waals surface area contributed by atoms with Gasteiger partial charge in [0.2, 0.25) is 0 Å². The molecule has 0 saturated carbocycles. The van der Waals surface area contributed by atoms with Crippen LogP contribution in [0.25, 0.3) is 0 Å². The number of hydrogen-bond acceptors (Lipinski definition) is 15. The Morgan fingerprint density at radius 2 is 0.533 bits per heavy atom. The van der Waals surface area contributed by atoms with Gasteiger partial charge in [0.15, 0.2) is 12.2 Å². The van der Waals surface area contributed by atoms with Crippen LogP contribution in [0.2, 0.25) is 0 Å². The molecule has 0 aliphatic heterocycles. The number of aliphatic hydroxyl groups excluding tert-OH is 1. The minimum Gasteiger partial charge on any atom is -0.462 e. The standard InChI is InChI=1S/C71H138O17P2/c1-6-10-13-16-18-20-22-24-25-26-27-28-29-30-31-32-34-36-42-47-52-57-71(76)88-67(61-82-69(74)55-50-45-40-38-37-39-44-48-53-64(5)9-4)63-86-90(79,80)84-59-65(72)58-83-89(77,78)85-62-66(60-81-68(73)54-49-43-15-12-8-3)87-70(75)56-51-46-41-35-33-23-21-19-17-14-11-7-2/h64-67,72H,6-63H2,1-5H3,(H,77,78)(H,79,80)/t64?,65-,66+,67+/m0/s1. The minimum atomic E-state index is -4.95. The van der Waals surface area contributed by atoms with Gasteiger partial charge in [-0.05, 0) is 31.6 Å². The van der Waals surface area contributed by atoms with E-state index in [0.717, 1.165) is 102 Å². The molecule has 90 heavy (non-hydrogen) atoms. The predicted molar refractivity (Wildman–Crippen MR) is 363 cm³/mol. The van der Waals surface area contributed by atoms with Crippen molar-refractivity contribution in [2.24, 2.45) is 5.92 Å². The third-order valence-corrected chi connectivity index (χ3v) is 18.8. The van der Waals surface area contributed by atoms with E-state index in [1.54, 1.807) is 0 Å². The lowest BCUT2D eigenvalue weighted by atomic mass is 9.99. The molecular weight excluding hydrogens is 1190 g/mol. The fourth-order valence-electron chi connectivity index (χ4n) is 10.8. The van der Waals surface area contributed by atoms with Crippen molar-refractivity contribution in [2.75, 3.05) is 39.6 Å². The number of phosphoric ester groups is 2. The van der Waals surface area contributed by atoms with Crippen LogP contribution >= 0.6 is 15.6 Å². The Morgan fingerprint density at radius 3 is 0.789 bits per heavy atom. The summed E-state index contributed by atoms with van der Waals surface area (Å²) < 4.78 is 68.1. The molecule has 0 heterocycles. The van der Waals surface area contributed by atoms with E-state index in [9.17, 15) is 43.2 Å². The van der Waals surface area contributed by atoms with Crippen LogP contribution in [0.1, 0.15) is 369 Å². The molecule has 3 unspecified atom stereocenters. The highest BCUT2D eigenvalue weighted by Gasteiger charge is 2.30. The maximum absolute atomic E-state index is 13.0. The lowest BCUT2D eigenvalue weighted by Gasteiger charge is -2.21. The number of unbranched alkanes of at least 4 members (excludes halogenated alkanes) is 42. The summed E-state index contributed by atoms with van der Waals surface area (Å²) in [6, 6.07) is 0. The van der Waals surface area contributed by atoms with Gasteiger partial charge in [-0.3, -0.25) is 37.3 Å². The van der Waals surface area contributed by atoms with Crippen molar-refractivity contribution < 1.29 is 80.2 Å². The fraction of sp³-hybridized carbons (Fsp3) is 0.944. The quantitative estimate of drug-likeness (QED) is 0.0222. The Morgan fingerprint density at radius 1 is 0.311 bits per heavy atom. The van der Waals surface area contributed by atoms with Crippen molar-refractivity contribution in [1.29, 1.82) is 0 Å². The third kappa shape index (κ3) is 63.5. The van der Waals surface area contributed by atoms with E-state index in [0.29, 0.717) is 25.7 Å². The molecule has 534 valence electrons. The molecule has 0 aromatic carbocycles. The summed E-state index contributed by atoms with van der Waals surface area (Å²) in [6.45, 7) is 7.16. The van der Waals surface area contributed by atoms with Crippen LogP contribution in [-0.4, -0.2) is 96.7 Å². The molecule has 0 fully saturated rings. The van der Waals surface area contributed by atoms with Crippen LogP contribution in [-0.2, 0) is 65.4 Å². The molecule has 0 spiro atoms. The molecule has 0 aromatic heterocycles. The maximum Gasteiger partial charge on any atom is 0.472 e. The van der Waals surface area contributed by atoms with Gasteiger partial charge in [0.1, 0.15) is 19.3 Å². The van der Waals surface area contributed by atoms with Gasteiger partial charge in [-0.1, -0.05) is 317 Å². The highest BCUT2D eigenvalue weighted by atomic mass is 31.2. The fourth-order valence-corrected chi connectivity index (χ4v) is 12.4. The van der Waals surface area contributed by atoms with Crippen molar-refractivity contribution in [3.05, 3.63) is 0 Å². The maximum atomic E-state index is 13.0. The molecule has 6 atom stereocenters. The highest BCUT2D eigenvalue weighted by Crippen LogP contribution is 2.45. The van der Waals surface area contributed by atoms with Gasteiger partial charge in [0, 0.05) is 25.7 Å². The summed E-state index contributed by atoms with van der Waals surface area (Å²) in [6.07, 6.45) is 51.8. The van der Waals surface area contributed by atoms with E-state index in [2.05, 4.69) is 34.6 Å². The van der Waals surface area contributed by atoms with Gasteiger partial charge in [0.25, 0.3) is 0 Å². The highest BCUT2D eigenvalue weighted by molar-refractivity contribution is 7.47. The van der Waals surface area contributed by atoms with Gasteiger partial charge in [-0.15, -0.1) is 0 Å². The Hall–Kier alpha value is -1.94. The lowest BCUT2D eigenvalue weighted by molar-refractivity contribution is -0.161. The van der Waals surface area contributed by atoms with E-state index in [1.807, 2.05) is 0 Å². The van der Waals surface area contributed by atoms with Crippen LogP contribution in [0.5, 0.6) is 0 Å². The van der Waals surface area contributed by atoms with Gasteiger partial charge in [-0.2, -0.15) is 0 Å². The number of phosphoric acid groups is 2. The van der Waals surface area contributed by atoms with Crippen LogP contribution in [0.4, 0.5) is 0 Å². The average molecular weight is 1330 g/mol. The summed E-state index contributed by atoms with van der Waals surface area (Å²) >= 11 is 0. The van der Waals surface area contributed by atoms with Gasteiger partial charge in [0.05, 0.1) is 26.4 Å². The molecule has 19 heteroatoms. The first-order chi connectivity index (χ1) is 43.6. The van der Waals surface area contributed by atoms with Crippen LogP contribution in [0, 0.1) is 5.92 Å².